The van der Waals surface area contributed by atoms with Crippen LogP contribution in [0.25, 0.3) is 0 Å². The molecule has 0 aliphatic heterocycles. The van der Waals surface area contributed by atoms with Gasteiger partial charge in [0.25, 0.3) is 0 Å². The molecule has 13 heavy (non-hydrogen) atoms. The SMILES string of the molecule is CNc1nccc(C(C)(C)O)c1F. The third kappa shape index (κ3) is 1.95. The van der Waals surface area contributed by atoms with Gasteiger partial charge >= 0.3 is 0 Å². The molecule has 4 heteroatoms. The first-order valence-corrected chi connectivity index (χ1v) is 4.02. The van der Waals surface area contributed by atoms with E-state index in [9.17, 15) is 9.50 Å². The Morgan fingerprint density at radius 3 is 2.62 bits per heavy atom. The highest BCUT2D eigenvalue weighted by Gasteiger charge is 2.22. The Hall–Kier alpha value is -1.16. The molecule has 1 aromatic heterocycles. The molecule has 0 bridgehead atoms. The van der Waals surface area contributed by atoms with Crippen LogP contribution in [0.3, 0.4) is 0 Å². The highest BCUT2D eigenvalue weighted by atomic mass is 19.1. The van der Waals surface area contributed by atoms with Crippen LogP contribution in [-0.4, -0.2) is 17.1 Å². The minimum atomic E-state index is -1.18. The van der Waals surface area contributed by atoms with Gasteiger partial charge in [-0.05, 0) is 19.9 Å². The van der Waals surface area contributed by atoms with Gasteiger partial charge in [-0.15, -0.1) is 0 Å². The molecule has 0 unspecified atom stereocenters. The summed E-state index contributed by atoms with van der Waals surface area (Å²) in [4.78, 5) is 3.77. The number of rotatable bonds is 2. The highest BCUT2D eigenvalue weighted by Crippen LogP contribution is 2.25. The highest BCUT2D eigenvalue weighted by molar-refractivity contribution is 5.40. The number of nitrogens with zero attached hydrogens (tertiary/aromatic N) is 1. The van der Waals surface area contributed by atoms with E-state index >= 15 is 0 Å². The molecule has 0 atom stereocenters. The lowest BCUT2D eigenvalue weighted by molar-refractivity contribution is 0.0745. The lowest BCUT2D eigenvalue weighted by Crippen LogP contribution is -2.18. The van der Waals surface area contributed by atoms with E-state index in [4.69, 9.17) is 0 Å². The molecule has 0 aromatic carbocycles. The van der Waals surface area contributed by atoms with Crippen LogP contribution < -0.4 is 5.32 Å². The number of hydrogen-bond acceptors (Lipinski definition) is 3. The summed E-state index contributed by atoms with van der Waals surface area (Å²) in [7, 11) is 1.58. The fourth-order valence-corrected chi connectivity index (χ4v) is 1.09. The number of halogens is 1. The van der Waals surface area contributed by atoms with Gasteiger partial charge in [0.2, 0.25) is 0 Å². The van der Waals surface area contributed by atoms with Gasteiger partial charge < -0.3 is 10.4 Å². The maximum absolute atomic E-state index is 13.5. The second-order valence-corrected chi connectivity index (χ2v) is 3.33. The first-order valence-electron chi connectivity index (χ1n) is 4.02. The molecule has 2 N–H and O–H groups in total. The minimum absolute atomic E-state index is 0.152. The second-order valence-electron chi connectivity index (χ2n) is 3.33. The normalized spacial score (nSPS) is 11.5. The maximum atomic E-state index is 13.5. The van der Waals surface area contributed by atoms with Crippen molar-refractivity contribution in [2.45, 2.75) is 19.4 Å². The quantitative estimate of drug-likeness (QED) is 0.732. The maximum Gasteiger partial charge on any atom is 0.171 e. The summed E-state index contributed by atoms with van der Waals surface area (Å²) < 4.78 is 13.5. The molecule has 1 aromatic rings. The van der Waals surface area contributed by atoms with Crippen LogP contribution in [0.1, 0.15) is 19.4 Å². The summed E-state index contributed by atoms with van der Waals surface area (Å²) in [5.74, 6) is -0.350. The molecular formula is C9H13FN2O. The van der Waals surface area contributed by atoms with Crippen molar-refractivity contribution in [2.24, 2.45) is 0 Å². The molecule has 0 saturated heterocycles. The monoisotopic (exact) mass is 184 g/mol. The predicted octanol–water partition coefficient (Wildman–Crippen LogP) is 1.49. The van der Waals surface area contributed by atoms with Gasteiger partial charge in [0.15, 0.2) is 11.6 Å². The molecule has 1 heterocycles. The van der Waals surface area contributed by atoms with Crippen LogP contribution in [0.5, 0.6) is 0 Å². The standard InChI is InChI=1S/C9H13FN2O/c1-9(2,13)6-4-5-12-8(11-3)7(6)10/h4-5,13H,1-3H3,(H,11,12). The predicted molar refractivity (Wildman–Crippen MR) is 49.0 cm³/mol. The van der Waals surface area contributed by atoms with Crippen LogP contribution in [0, 0.1) is 5.82 Å². The summed E-state index contributed by atoms with van der Waals surface area (Å²) in [6, 6.07) is 1.47. The molecule has 0 radical (unpaired) electrons. The first kappa shape index (κ1) is 9.92. The van der Waals surface area contributed by atoms with Crippen LogP contribution >= 0.6 is 0 Å². The average Bonchev–Trinajstić information content (AvgIpc) is 2.02. The molecule has 0 aliphatic carbocycles. The van der Waals surface area contributed by atoms with Crippen molar-refractivity contribution in [1.29, 1.82) is 0 Å². The topological polar surface area (TPSA) is 45.2 Å². The summed E-state index contributed by atoms with van der Waals surface area (Å²) >= 11 is 0. The fraction of sp³-hybridized carbons (Fsp3) is 0.444. The van der Waals surface area contributed by atoms with Crippen LogP contribution in [-0.2, 0) is 5.60 Å². The fourth-order valence-electron chi connectivity index (χ4n) is 1.09. The van der Waals surface area contributed by atoms with E-state index in [1.807, 2.05) is 0 Å². The number of pyridine rings is 1. The smallest absolute Gasteiger partial charge is 0.171 e. The van der Waals surface area contributed by atoms with Crippen molar-refractivity contribution in [3.63, 3.8) is 0 Å². The molecule has 3 nitrogen and oxygen atoms in total. The molecular weight excluding hydrogens is 171 g/mol. The molecule has 0 spiro atoms. The number of nitrogens with one attached hydrogen (secondary N) is 1. The van der Waals surface area contributed by atoms with E-state index < -0.39 is 11.4 Å². The Kier molecular flexibility index (Phi) is 2.52. The van der Waals surface area contributed by atoms with Gasteiger partial charge in [-0.1, -0.05) is 0 Å². The lowest BCUT2D eigenvalue weighted by atomic mass is 9.99. The van der Waals surface area contributed by atoms with Gasteiger partial charge in [0.1, 0.15) is 0 Å². The molecule has 0 aliphatic rings. The second kappa shape index (κ2) is 3.30. The van der Waals surface area contributed by atoms with Crippen molar-refractivity contribution < 1.29 is 9.50 Å². The zero-order chi connectivity index (χ0) is 10.1. The molecule has 0 amide bonds. The van der Waals surface area contributed by atoms with Gasteiger partial charge in [-0.3, -0.25) is 0 Å². The van der Waals surface area contributed by atoms with E-state index in [0.717, 1.165) is 0 Å². The van der Waals surface area contributed by atoms with Crippen molar-refractivity contribution in [1.82, 2.24) is 4.98 Å². The van der Waals surface area contributed by atoms with Crippen LogP contribution in [0.2, 0.25) is 0 Å². The van der Waals surface area contributed by atoms with E-state index in [2.05, 4.69) is 10.3 Å². The number of anilines is 1. The van der Waals surface area contributed by atoms with Crippen LogP contribution in [0.15, 0.2) is 12.3 Å². The van der Waals surface area contributed by atoms with E-state index in [1.54, 1.807) is 7.05 Å². The average molecular weight is 184 g/mol. The Morgan fingerprint density at radius 1 is 1.54 bits per heavy atom. The lowest BCUT2D eigenvalue weighted by Gasteiger charge is -2.19. The summed E-state index contributed by atoms with van der Waals surface area (Å²) in [5.41, 5.74) is -0.939. The largest absolute Gasteiger partial charge is 0.386 e. The first-order chi connectivity index (χ1) is 5.96. The summed E-state index contributed by atoms with van der Waals surface area (Å²) in [6.07, 6.45) is 1.46. The Labute approximate surface area is 76.6 Å². The van der Waals surface area contributed by atoms with E-state index in [-0.39, 0.29) is 11.4 Å². The molecule has 1 rings (SSSR count). The van der Waals surface area contributed by atoms with Crippen molar-refractivity contribution in [2.75, 3.05) is 12.4 Å². The van der Waals surface area contributed by atoms with Crippen molar-refractivity contribution >= 4 is 5.82 Å². The number of aliphatic hydroxyl groups is 1. The number of hydrogen-bond donors (Lipinski definition) is 2. The van der Waals surface area contributed by atoms with Crippen LogP contribution in [0.4, 0.5) is 10.2 Å². The van der Waals surface area contributed by atoms with E-state index in [1.165, 1.54) is 26.1 Å². The Balaban J connectivity index is 3.24. The Bertz CT molecular complexity index is 307. The van der Waals surface area contributed by atoms with Crippen molar-refractivity contribution in [3.05, 3.63) is 23.6 Å². The third-order valence-corrected chi connectivity index (χ3v) is 1.79. The van der Waals surface area contributed by atoms with E-state index in [0.29, 0.717) is 0 Å². The third-order valence-electron chi connectivity index (χ3n) is 1.79. The van der Waals surface area contributed by atoms with Gasteiger partial charge in [0, 0.05) is 18.8 Å². The zero-order valence-electron chi connectivity index (χ0n) is 7.93. The van der Waals surface area contributed by atoms with Gasteiger partial charge in [-0.25, -0.2) is 9.37 Å². The van der Waals surface area contributed by atoms with Crippen molar-refractivity contribution in [3.8, 4) is 0 Å². The number of aromatic nitrogens is 1. The summed E-state index contributed by atoms with van der Waals surface area (Å²) in [6.45, 7) is 3.07. The zero-order valence-corrected chi connectivity index (χ0v) is 7.93. The molecule has 0 fully saturated rings. The molecule has 72 valence electrons. The Morgan fingerprint density at radius 2 is 2.15 bits per heavy atom. The summed E-state index contributed by atoms with van der Waals surface area (Å²) in [5, 5.41) is 12.2. The van der Waals surface area contributed by atoms with Gasteiger partial charge in [-0.2, -0.15) is 0 Å². The minimum Gasteiger partial charge on any atom is -0.386 e. The molecule has 0 saturated carbocycles. The van der Waals surface area contributed by atoms with Gasteiger partial charge in [0.05, 0.1) is 5.60 Å².